The molecule has 6 nitrogen and oxygen atoms in total. The minimum atomic E-state index is -4.85. The third-order valence-electron chi connectivity index (χ3n) is 6.19. The van der Waals surface area contributed by atoms with Crippen LogP contribution in [0.15, 0.2) is 46.7 Å². The quantitative estimate of drug-likeness (QED) is 0.384. The van der Waals surface area contributed by atoms with Crippen LogP contribution in [0.5, 0.6) is 0 Å². The Labute approximate surface area is 212 Å². The van der Waals surface area contributed by atoms with Crippen LogP contribution in [0, 0.1) is 20.8 Å². The van der Waals surface area contributed by atoms with Gasteiger partial charge in [-0.1, -0.05) is 18.2 Å². The first-order valence-corrected chi connectivity index (χ1v) is 13.7. The first-order valence-electron chi connectivity index (χ1n) is 11.3. The number of halogens is 3. The molecule has 1 saturated heterocycles. The third kappa shape index (κ3) is 5.08. The van der Waals surface area contributed by atoms with Gasteiger partial charge in [0.05, 0.1) is 16.1 Å². The molecule has 1 aliphatic heterocycles. The van der Waals surface area contributed by atoms with Gasteiger partial charge in [-0.3, -0.25) is 9.52 Å². The van der Waals surface area contributed by atoms with Crippen molar-refractivity contribution in [3.63, 3.8) is 0 Å². The lowest BCUT2D eigenvalue weighted by molar-refractivity contribution is -0.139. The zero-order valence-electron chi connectivity index (χ0n) is 20.0. The molecule has 2 aromatic carbocycles. The van der Waals surface area contributed by atoms with E-state index in [-0.39, 0.29) is 10.6 Å². The molecule has 0 aliphatic carbocycles. The second-order valence-electron chi connectivity index (χ2n) is 8.77. The van der Waals surface area contributed by atoms with Crippen molar-refractivity contribution in [2.75, 3.05) is 28.0 Å². The highest BCUT2D eigenvalue weighted by atomic mass is 32.2. The van der Waals surface area contributed by atoms with Gasteiger partial charge < -0.3 is 10.2 Å². The summed E-state index contributed by atoms with van der Waals surface area (Å²) in [5.74, 6) is -0.547. The summed E-state index contributed by atoms with van der Waals surface area (Å²) in [6.07, 6.45) is -2.65. The zero-order valence-corrected chi connectivity index (χ0v) is 21.6. The first kappa shape index (κ1) is 26.0. The standard InChI is InChI=1S/C25H26F3N3O3S2/c1-15-14-16(2)22(31-11-6-7-12-31)17(3)21(15)29-24(32)23-19(10-13-35-23)30-36(33,34)20-9-5-4-8-18(20)25(26,27)28/h4-5,8-10,13-14,30H,6-7,11-12H2,1-3H3,(H,29,32). The molecule has 1 aliphatic rings. The van der Waals surface area contributed by atoms with E-state index in [2.05, 4.69) is 14.9 Å². The summed E-state index contributed by atoms with van der Waals surface area (Å²) in [5.41, 5.74) is 3.23. The lowest BCUT2D eigenvalue weighted by atomic mass is 10.0. The van der Waals surface area contributed by atoms with Gasteiger partial charge in [0, 0.05) is 24.5 Å². The maximum Gasteiger partial charge on any atom is 0.417 e. The van der Waals surface area contributed by atoms with Crippen molar-refractivity contribution in [2.45, 2.75) is 44.7 Å². The second-order valence-corrected chi connectivity index (χ2v) is 11.3. The van der Waals surface area contributed by atoms with Crippen LogP contribution in [0.25, 0.3) is 0 Å². The van der Waals surface area contributed by atoms with E-state index in [1.54, 1.807) is 0 Å². The lowest BCUT2D eigenvalue weighted by Gasteiger charge is -2.26. The highest BCUT2D eigenvalue weighted by molar-refractivity contribution is 7.92. The number of thiophene rings is 1. The van der Waals surface area contributed by atoms with Crippen LogP contribution in [0.1, 0.15) is 44.8 Å². The number of hydrogen-bond donors (Lipinski definition) is 2. The Bertz CT molecular complexity index is 1410. The van der Waals surface area contributed by atoms with Crippen LogP contribution in [0.2, 0.25) is 0 Å². The second kappa shape index (κ2) is 9.78. The Hall–Kier alpha value is -3.05. The Kier molecular flexibility index (Phi) is 7.07. The van der Waals surface area contributed by atoms with Gasteiger partial charge in [0.15, 0.2) is 0 Å². The number of anilines is 3. The molecule has 1 fully saturated rings. The number of rotatable bonds is 6. The molecule has 2 N–H and O–H groups in total. The molecule has 0 spiro atoms. The van der Waals surface area contributed by atoms with Gasteiger partial charge in [-0.2, -0.15) is 13.2 Å². The van der Waals surface area contributed by atoms with Gasteiger partial charge in [0.1, 0.15) is 4.88 Å². The summed E-state index contributed by atoms with van der Waals surface area (Å²) < 4.78 is 68.2. The van der Waals surface area contributed by atoms with E-state index in [1.165, 1.54) is 17.5 Å². The summed E-state index contributed by atoms with van der Waals surface area (Å²) in [4.78, 5) is 14.7. The molecule has 0 bridgehead atoms. The van der Waals surface area contributed by atoms with Crippen molar-refractivity contribution in [3.05, 3.63) is 68.9 Å². The SMILES string of the molecule is Cc1cc(C)c(N2CCCC2)c(C)c1NC(=O)c1sccc1NS(=O)(=O)c1ccccc1C(F)(F)F. The largest absolute Gasteiger partial charge is 0.417 e. The average molecular weight is 538 g/mol. The molecular weight excluding hydrogens is 511 g/mol. The Morgan fingerprint density at radius 1 is 1.03 bits per heavy atom. The normalized spacial score (nSPS) is 14.2. The molecule has 36 heavy (non-hydrogen) atoms. The van der Waals surface area contributed by atoms with Gasteiger partial charge >= 0.3 is 6.18 Å². The fourth-order valence-electron chi connectivity index (χ4n) is 4.67. The predicted octanol–water partition coefficient (Wildman–Crippen LogP) is 6.35. The Balaban J connectivity index is 1.64. The van der Waals surface area contributed by atoms with E-state index in [9.17, 15) is 26.4 Å². The summed E-state index contributed by atoms with van der Waals surface area (Å²) >= 11 is 0.995. The molecule has 1 aromatic heterocycles. The van der Waals surface area contributed by atoms with Crippen molar-refractivity contribution in [2.24, 2.45) is 0 Å². The topological polar surface area (TPSA) is 78.5 Å². The minimum Gasteiger partial charge on any atom is -0.371 e. The lowest BCUT2D eigenvalue weighted by Crippen LogP contribution is -2.22. The smallest absolute Gasteiger partial charge is 0.371 e. The monoisotopic (exact) mass is 537 g/mol. The molecule has 11 heteroatoms. The summed E-state index contributed by atoms with van der Waals surface area (Å²) in [6, 6.07) is 7.28. The van der Waals surface area contributed by atoms with Crippen molar-refractivity contribution in [1.29, 1.82) is 0 Å². The van der Waals surface area contributed by atoms with Crippen molar-refractivity contribution >= 4 is 44.3 Å². The fraction of sp³-hybridized carbons (Fsp3) is 0.320. The number of amides is 1. The van der Waals surface area contributed by atoms with Crippen LogP contribution in [0.3, 0.4) is 0 Å². The molecule has 0 unspecified atom stereocenters. The fourth-order valence-corrected chi connectivity index (χ4v) is 6.78. The van der Waals surface area contributed by atoms with Gasteiger partial charge in [-0.05, 0) is 73.9 Å². The van der Waals surface area contributed by atoms with E-state index in [1.807, 2.05) is 26.8 Å². The highest BCUT2D eigenvalue weighted by Gasteiger charge is 2.37. The van der Waals surface area contributed by atoms with Crippen LogP contribution >= 0.6 is 11.3 Å². The predicted molar refractivity (Wildman–Crippen MR) is 137 cm³/mol. The molecule has 0 radical (unpaired) electrons. The van der Waals surface area contributed by atoms with E-state index < -0.39 is 32.6 Å². The number of carbonyl (C=O) groups excluding carboxylic acids is 1. The highest BCUT2D eigenvalue weighted by Crippen LogP contribution is 2.37. The summed E-state index contributed by atoms with van der Waals surface area (Å²) in [7, 11) is -4.62. The number of benzene rings is 2. The molecule has 2 heterocycles. The van der Waals surface area contributed by atoms with Crippen molar-refractivity contribution < 1.29 is 26.4 Å². The van der Waals surface area contributed by atoms with Crippen molar-refractivity contribution in [3.8, 4) is 0 Å². The van der Waals surface area contributed by atoms with Gasteiger partial charge in [-0.25, -0.2) is 8.42 Å². The molecule has 0 saturated carbocycles. The van der Waals surface area contributed by atoms with Crippen LogP contribution in [-0.2, 0) is 16.2 Å². The Morgan fingerprint density at radius 2 is 1.69 bits per heavy atom. The molecule has 4 rings (SSSR count). The number of aryl methyl sites for hydroxylation is 2. The molecule has 3 aromatic rings. The van der Waals surface area contributed by atoms with Crippen LogP contribution in [-0.4, -0.2) is 27.4 Å². The van der Waals surface area contributed by atoms with Crippen LogP contribution in [0.4, 0.5) is 30.2 Å². The molecule has 192 valence electrons. The van der Waals surface area contributed by atoms with E-state index in [0.29, 0.717) is 11.8 Å². The van der Waals surface area contributed by atoms with Gasteiger partial charge in [0.2, 0.25) is 0 Å². The number of sulfonamides is 1. The molecule has 0 atom stereocenters. The molecule has 1 amide bonds. The zero-order chi connectivity index (χ0) is 26.3. The third-order valence-corrected chi connectivity index (χ3v) is 8.53. The van der Waals surface area contributed by atoms with Crippen LogP contribution < -0.4 is 14.9 Å². The summed E-state index contributed by atoms with van der Waals surface area (Å²) in [6.45, 7) is 7.73. The number of nitrogens with one attached hydrogen (secondary N) is 2. The van der Waals surface area contributed by atoms with E-state index in [4.69, 9.17) is 0 Å². The van der Waals surface area contributed by atoms with E-state index in [0.717, 1.165) is 71.8 Å². The first-order chi connectivity index (χ1) is 16.9. The van der Waals surface area contributed by atoms with E-state index >= 15 is 0 Å². The molecular formula is C25H26F3N3O3S2. The number of nitrogens with zero attached hydrogens (tertiary/aromatic N) is 1. The number of carbonyl (C=O) groups is 1. The van der Waals surface area contributed by atoms with Crippen molar-refractivity contribution in [1.82, 2.24) is 0 Å². The number of alkyl halides is 3. The minimum absolute atomic E-state index is 0.0464. The number of hydrogen-bond acceptors (Lipinski definition) is 5. The van der Waals surface area contributed by atoms with Gasteiger partial charge in [0.25, 0.3) is 15.9 Å². The van der Waals surface area contributed by atoms with Gasteiger partial charge in [-0.15, -0.1) is 11.3 Å². The Morgan fingerprint density at radius 3 is 2.36 bits per heavy atom. The maximum atomic E-state index is 13.4. The summed E-state index contributed by atoms with van der Waals surface area (Å²) in [5, 5.41) is 4.41. The average Bonchev–Trinajstić information content (AvgIpc) is 3.48. The maximum absolute atomic E-state index is 13.4.